The van der Waals surface area contributed by atoms with Gasteiger partial charge in [-0.15, -0.1) is 0 Å². The number of nitrogens with zero attached hydrogens (tertiary/aromatic N) is 3. The van der Waals surface area contributed by atoms with Crippen LogP contribution in [0.5, 0.6) is 0 Å². The van der Waals surface area contributed by atoms with Crippen LogP contribution in [0.25, 0.3) is 0 Å². The highest BCUT2D eigenvalue weighted by Gasteiger charge is 2.08. The monoisotopic (exact) mass is 404 g/mol. The number of halogens is 1. The third-order valence-electron chi connectivity index (χ3n) is 2.93. The molecule has 4 N–H and O–H groups in total. The maximum atomic E-state index is 6.14. The average Bonchev–Trinajstić information content (AvgIpc) is 2.54. The molecule has 0 radical (unpaired) electrons. The fraction of sp³-hybridized carbons (Fsp3) is 0. The lowest BCUT2D eigenvalue weighted by Crippen LogP contribution is -2.05. The third-order valence-corrected chi connectivity index (χ3v) is 3.65. The summed E-state index contributed by atoms with van der Waals surface area (Å²) in [6, 6.07) is 11.6. The van der Waals surface area contributed by atoms with E-state index in [4.69, 9.17) is 5.73 Å². The summed E-state index contributed by atoms with van der Waals surface area (Å²) in [4.78, 5) is 12.4. The largest absolute Gasteiger partial charge is 0.393 e. The molecule has 0 aliphatic rings. The maximum Gasteiger partial charge on any atom is 0.159 e. The van der Waals surface area contributed by atoms with Crippen molar-refractivity contribution in [2.75, 3.05) is 16.4 Å². The predicted octanol–water partition coefficient (Wildman–Crippen LogP) is 3.55. The Morgan fingerprint density at radius 1 is 0.818 bits per heavy atom. The molecule has 6 nitrogen and oxygen atoms in total. The van der Waals surface area contributed by atoms with Gasteiger partial charge >= 0.3 is 0 Å². The molecule has 0 aliphatic carbocycles. The molecular weight excluding hydrogens is 391 g/mol. The second kappa shape index (κ2) is 6.56. The minimum atomic E-state index is 0.456. The molecule has 1 aromatic carbocycles. The van der Waals surface area contributed by atoms with Crippen molar-refractivity contribution in [1.82, 2.24) is 15.0 Å². The van der Waals surface area contributed by atoms with Gasteiger partial charge in [0.05, 0.1) is 0 Å². The number of anilines is 5. The molecule has 0 amide bonds. The van der Waals surface area contributed by atoms with Gasteiger partial charge in [-0.2, -0.15) is 0 Å². The average molecular weight is 404 g/mol. The van der Waals surface area contributed by atoms with Crippen LogP contribution in [0.1, 0.15) is 0 Å². The number of aromatic nitrogens is 3. The molecule has 0 bridgehead atoms. The van der Waals surface area contributed by atoms with E-state index < -0.39 is 0 Å². The number of benzene rings is 1. The second-order valence-corrected chi connectivity index (χ2v) is 5.72. The Morgan fingerprint density at radius 3 is 1.95 bits per heavy atom. The lowest BCUT2D eigenvalue weighted by molar-refractivity contribution is 1.17. The normalized spacial score (nSPS) is 10.2. The number of nitrogens with one attached hydrogen (secondary N) is 2. The first kappa shape index (κ1) is 14.5. The van der Waals surface area contributed by atoms with Gasteiger partial charge in [0, 0.05) is 27.3 Å². The van der Waals surface area contributed by atoms with E-state index >= 15 is 0 Å². The van der Waals surface area contributed by atoms with Crippen LogP contribution < -0.4 is 16.4 Å². The van der Waals surface area contributed by atoms with Gasteiger partial charge in [0.1, 0.15) is 12.0 Å². The highest BCUT2D eigenvalue weighted by Crippen LogP contribution is 2.27. The first-order valence-electron chi connectivity index (χ1n) is 6.52. The minimum Gasteiger partial charge on any atom is -0.393 e. The van der Waals surface area contributed by atoms with Crippen LogP contribution in [0.15, 0.2) is 55.1 Å². The summed E-state index contributed by atoms with van der Waals surface area (Å²) in [5, 5.41) is 6.34. The lowest BCUT2D eigenvalue weighted by atomic mass is 10.3. The number of pyridine rings is 1. The van der Waals surface area contributed by atoms with Gasteiger partial charge in [-0.1, -0.05) is 0 Å². The molecule has 7 heteroatoms. The Hall–Kier alpha value is -2.42. The molecule has 0 saturated carbocycles. The van der Waals surface area contributed by atoms with Crippen LogP contribution in [0.2, 0.25) is 0 Å². The maximum absolute atomic E-state index is 6.14. The number of nitrogens with two attached hydrogens (primary N) is 1. The van der Waals surface area contributed by atoms with Crippen LogP contribution in [0.3, 0.4) is 0 Å². The van der Waals surface area contributed by atoms with E-state index in [1.54, 1.807) is 12.4 Å². The second-order valence-electron chi connectivity index (χ2n) is 4.48. The predicted molar refractivity (Wildman–Crippen MR) is 96.4 cm³/mol. The van der Waals surface area contributed by atoms with Crippen molar-refractivity contribution in [3.05, 3.63) is 58.7 Å². The van der Waals surface area contributed by atoms with Gasteiger partial charge in [-0.3, -0.25) is 4.98 Å². The van der Waals surface area contributed by atoms with Crippen molar-refractivity contribution in [3.63, 3.8) is 0 Å². The van der Waals surface area contributed by atoms with Gasteiger partial charge in [0.2, 0.25) is 0 Å². The number of rotatable bonds is 4. The van der Waals surface area contributed by atoms with E-state index in [-0.39, 0.29) is 0 Å². The molecule has 0 spiro atoms. The fourth-order valence-electron chi connectivity index (χ4n) is 1.84. The summed E-state index contributed by atoms with van der Waals surface area (Å²) in [5.41, 5.74) is 8.38. The molecule has 2 aromatic heterocycles. The zero-order chi connectivity index (χ0) is 15.4. The SMILES string of the molecule is Nc1c(Nc2ccncc2)ncnc1Nc1ccc(I)cc1. The Labute approximate surface area is 141 Å². The fourth-order valence-corrected chi connectivity index (χ4v) is 2.20. The van der Waals surface area contributed by atoms with Crippen molar-refractivity contribution in [2.24, 2.45) is 0 Å². The smallest absolute Gasteiger partial charge is 0.159 e. The highest BCUT2D eigenvalue weighted by molar-refractivity contribution is 14.1. The number of hydrogen-bond donors (Lipinski definition) is 3. The van der Waals surface area contributed by atoms with E-state index in [2.05, 4.69) is 48.2 Å². The molecule has 22 heavy (non-hydrogen) atoms. The van der Waals surface area contributed by atoms with Crippen LogP contribution in [0.4, 0.5) is 28.7 Å². The van der Waals surface area contributed by atoms with Gasteiger partial charge < -0.3 is 16.4 Å². The molecule has 3 aromatic rings. The van der Waals surface area contributed by atoms with Gasteiger partial charge in [-0.25, -0.2) is 9.97 Å². The third kappa shape index (κ3) is 3.42. The van der Waals surface area contributed by atoms with Crippen LogP contribution >= 0.6 is 22.6 Å². The number of hydrogen-bond acceptors (Lipinski definition) is 6. The van der Waals surface area contributed by atoms with Gasteiger partial charge in [-0.05, 0) is 59.0 Å². The van der Waals surface area contributed by atoms with Crippen LogP contribution in [-0.2, 0) is 0 Å². The van der Waals surface area contributed by atoms with Crippen molar-refractivity contribution in [2.45, 2.75) is 0 Å². The summed E-state index contributed by atoms with van der Waals surface area (Å²) in [6.45, 7) is 0. The Balaban J connectivity index is 1.84. The molecule has 0 aliphatic heterocycles. The standard InChI is InChI=1S/C15H13IN6/c16-10-1-3-11(4-2-10)21-14-13(17)15(20-9-19-14)22-12-5-7-18-8-6-12/h1-9H,17H2,(H2,18,19,20,21,22). The summed E-state index contributed by atoms with van der Waals surface area (Å²) < 4.78 is 1.17. The van der Waals surface area contributed by atoms with E-state index in [1.165, 1.54) is 9.90 Å². The molecule has 0 fully saturated rings. The zero-order valence-corrected chi connectivity index (χ0v) is 13.7. The Bertz CT molecular complexity index is 761. The lowest BCUT2D eigenvalue weighted by Gasteiger charge is -2.12. The highest BCUT2D eigenvalue weighted by atomic mass is 127. The summed E-state index contributed by atoms with van der Waals surface area (Å²) >= 11 is 2.26. The first-order valence-corrected chi connectivity index (χ1v) is 7.60. The van der Waals surface area contributed by atoms with Crippen LogP contribution in [-0.4, -0.2) is 15.0 Å². The molecule has 2 heterocycles. The first-order chi connectivity index (χ1) is 10.7. The van der Waals surface area contributed by atoms with E-state index in [0.717, 1.165) is 11.4 Å². The summed E-state index contributed by atoms with van der Waals surface area (Å²) in [5.74, 6) is 1.11. The summed E-state index contributed by atoms with van der Waals surface area (Å²) in [6.07, 6.45) is 4.86. The van der Waals surface area contributed by atoms with E-state index in [9.17, 15) is 0 Å². The minimum absolute atomic E-state index is 0.456. The molecular formula is C15H13IN6. The van der Waals surface area contributed by atoms with E-state index in [0.29, 0.717) is 17.3 Å². The molecule has 0 saturated heterocycles. The molecule has 110 valence electrons. The number of nitrogen functional groups attached to an aromatic ring is 1. The molecule has 0 atom stereocenters. The topological polar surface area (TPSA) is 88.8 Å². The zero-order valence-electron chi connectivity index (χ0n) is 11.5. The van der Waals surface area contributed by atoms with Crippen LogP contribution in [0, 0.1) is 3.57 Å². The Morgan fingerprint density at radius 2 is 1.36 bits per heavy atom. The quantitative estimate of drug-likeness (QED) is 0.577. The van der Waals surface area contributed by atoms with Crippen molar-refractivity contribution >= 4 is 51.3 Å². The van der Waals surface area contributed by atoms with E-state index in [1.807, 2.05) is 36.4 Å². The summed E-state index contributed by atoms with van der Waals surface area (Å²) in [7, 11) is 0. The molecule has 3 rings (SSSR count). The van der Waals surface area contributed by atoms with Crippen molar-refractivity contribution in [1.29, 1.82) is 0 Å². The van der Waals surface area contributed by atoms with Gasteiger partial charge in [0.25, 0.3) is 0 Å². The van der Waals surface area contributed by atoms with Gasteiger partial charge in [0.15, 0.2) is 11.6 Å². The Kier molecular flexibility index (Phi) is 4.33. The van der Waals surface area contributed by atoms with Crippen molar-refractivity contribution < 1.29 is 0 Å². The van der Waals surface area contributed by atoms with Crippen molar-refractivity contribution in [3.8, 4) is 0 Å². The molecule has 0 unspecified atom stereocenters.